The van der Waals surface area contributed by atoms with E-state index < -0.39 is 5.91 Å². The van der Waals surface area contributed by atoms with Gasteiger partial charge in [-0.1, -0.05) is 23.7 Å². The van der Waals surface area contributed by atoms with Crippen molar-refractivity contribution in [1.82, 2.24) is 0 Å². The maximum atomic E-state index is 11.1. The Morgan fingerprint density at radius 1 is 1.20 bits per heavy atom. The van der Waals surface area contributed by atoms with Crippen LogP contribution in [-0.2, 0) is 6.54 Å². The highest BCUT2D eigenvalue weighted by molar-refractivity contribution is 6.30. The van der Waals surface area contributed by atoms with Crippen LogP contribution in [0.15, 0.2) is 42.5 Å². The first-order valence-electron chi connectivity index (χ1n) is 6.12. The molecule has 0 unspecified atom stereocenters. The van der Waals surface area contributed by atoms with E-state index in [9.17, 15) is 4.79 Å². The topological polar surface area (TPSA) is 72.3 Å². The number of primary amides is 1. The van der Waals surface area contributed by atoms with Crippen LogP contribution in [0.3, 0.4) is 0 Å². The van der Waals surface area contributed by atoms with Crippen LogP contribution in [0.2, 0.25) is 5.02 Å². The molecule has 0 heterocycles. The van der Waals surface area contributed by atoms with Gasteiger partial charge in [0.2, 0.25) is 5.91 Å². The van der Waals surface area contributed by atoms with Gasteiger partial charge in [0.1, 0.15) is 0 Å². The predicted octanol–water partition coefficient (Wildman–Crippen LogP) is 2.66. The molecule has 0 aromatic heterocycles. The molecule has 0 aliphatic carbocycles. The SMILES string of the molecule is CN(Cc1ccc(Cl)cc1)c1ccc(C(N)=O)cc1N. The highest BCUT2D eigenvalue weighted by atomic mass is 35.5. The number of carbonyl (C=O) groups excluding carboxylic acids is 1. The Hall–Kier alpha value is -2.20. The molecule has 5 heteroatoms. The third-order valence-electron chi connectivity index (χ3n) is 3.06. The minimum Gasteiger partial charge on any atom is -0.397 e. The van der Waals surface area contributed by atoms with Crippen LogP contribution in [0.4, 0.5) is 11.4 Å². The summed E-state index contributed by atoms with van der Waals surface area (Å²) in [6.07, 6.45) is 0. The normalized spacial score (nSPS) is 10.3. The van der Waals surface area contributed by atoms with E-state index in [0.717, 1.165) is 11.3 Å². The summed E-state index contributed by atoms with van der Waals surface area (Å²) in [7, 11) is 1.93. The summed E-state index contributed by atoms with van der Waals surface area (Å²) < 4.78 is 0. The molecule has 20 heavy (non-hydrogen) atoms. The molecule has 0 radical (unpaired) electrons. The van der Waals surface area contributed by atoms with Crippen LogP contribution >= 0.6 is 11.6 Å². The number of carbonyl (C=O) groups is 1. The number of hydrogen-bond acceptors (Lipinski definition) is 3. The van der Waals surface area contributed by atoms with Crippen molar-refractivity contribution in [2.75, 3.05) is 17.7 Å². The third-order valence-corrected chi connectivity index (χ3v) is 3.31. The largest absolute Gasteiger partial charge is 0.397 e. The first-order chi connectivity index (χ1) is 9.47. The second-order valence-corrected chi connectivity index (χ2v) is 5.06. The maximum Gasteiger partial charge on any atom is 0.248 e. The van der Waals surface area contributed by atoms with E-state index in [4.69, 9.17) is 23.1 Å². The van der Waals surface area contributed by atoms with E-state index >= 15 is 0 Å². The van der Waals surface area contributed by atoms with E-state index in [-0.39, 0.29) is 0 Å². The predicted molar refractivity (Wildman–Crippen MR) is 82.9 cm³/mol. The molecule has 104 valence electrons. The van der Waals surface area contributed by atoms with Crippen molar-refractivity contribution < 1.29 is 4.79 Å². The van der Waals surface area contributed by atoms with Gasteiger partial charge in [0.15, 0.2) is 0 Å². The van der Waals surface area contributed by atoms with Crippen LogP contribution in [0, 0.1) is 0 Å². The number of anilines is 2. The van der Waals surface area contributed by atoms with Crippen molar-refractivity contribution in [2.24, 2.45) is 5.73 Å². The Bertz CT molecular complexity index is 626. The van der Waals surface area contributed by atoms with Crippen molar-refractivity contribution in [3.63, 3.8) is 0 Å². The molecule has 2 aromatic carbocycles. The van der Waals surface area contributed by atoms with Gasteiger partial charge < -0.3 is 16.4 Å². The van der Waals surface area contributed by atoms with Gasteiger partial charge in [-0.3, -0.25) is 4.79 Å². The molecule has 2 aromatic rings. The van der Waals surface area contributed by atoms with Crippen LogP contribution in [0.25, 0.3) is 0 Å². The molecular formula is C15H16ClN3O. The molecule has 4 N–H and O–H groups in total. The summed E-state index contributed by atoms with van der Waals surface area (Å²) in [6, 6.07) is 12.7. The lowest BCUT2D eigenvalue weighted by Gasteiger charge is -2.21. The van der Waals surface area contributed by atoms with E-state index in [0.29, 0.717) is 22.8 Å². The molecule has 0 saturated heterocycles. The molecular weight excluding hydrogens is 274 g/mol. The molecule has 0 aliphatic heterocycles. The number of nitrogen functional groups attached to an aromatic ring is 1. The molecule has 1 amide bonds. The molecule has 0 bridgehead atoms. The molecule has 0 fully saturated rings. The summed E-state index contributed by atoms with van der Waals surface area (Å²) in [5.74, 6) is -0.483. The standard InChI is InChI=1S/C15H16ClN3O/c1-19(9-10-2-5-12(16)6-3-10)14-7-4-11(15(18)20)8-13(14)17/h2-8H,9,17H2,1H3,(H2,18,20). The van der Waals surface area contributed by atoms with Crippen LogP contribution in [-0.4, -0.2) is 13.0 Å². The fourth-order valence-electron chi connectivity index (χ4n) is 2.00. The van der Waals surface area contributed by atoms with Gasteiger partial charge in [0.25, 0.3) is 0 Å². The number of hydrogen-bond donors (Lipinski definition) is 2. The summed E-state index contributed by atoms with van der Waals surface area (Å²) in [6.45, 7) is 0.692. The van der Waals surface area contributed by atoms with E-state index in [1.807, 2.05) is 36.2 Å². The molecule has 0 atom stereocenters. The lowest BCUT2D eigenvalue weighted by atomic mass is 10.1. The summed E-state index contributed by atoms with van der Waals surface area (Å²) in [5, 5.41) is 0.710. The van der Waals surface area contributed by atoms with Crippen molar-refractivity contribution in [3.05, 3.63) is 58.6 Å². The second-order valence-electron chi connectivity index (χ2n) is 4.62. The lowest BCUT2D eigenvalue weighted by molar-refractivity contribution is 0.100. The number of rotatable bonds is 4. The Morgan fingerprint density at radius 3 is 2.40 bits per heavy atom. The molecule has 2 rings (SSSR count). The minimum atomic E-state index is -0.483. The summed E-state index contributed by atoms with van der Waals surface area (Å²) in [4.78, 5) is 13.1. The van der Waals surface area contributed by atoms with Crippen LogP contribution < -0.4 is 16.4 Å². The van der Waals surface area contributed by atoms with Crippen molar-refractivity contribution in [2.45, 2.75) is 6.54 Å². The zero-order chi connectivity index (χ0) is 14.7. The molecule has 0 aliphatic rings. The average Bonchev–Trinajstić information content (AvgIpc) is 2.41. The van der Waals surface area contributed by atoms with Crippen LogP contribution in [0.1, 0.15) is 15.9 Å². The third kappa shape index (κ3) is 3.22. The number of halogens is 1. The van der Waals surface area contributed by atoms with Gasteiger partial charge in [-0.2, -0.15) is 0 Å². The highest BCUT2D eigenvalue weighted by Crippen LogP contribution is 2.25. The van der Waals surface area contributed by atoms with Gasteiger partial charge in [-0.05, 0) is 35.9 Å². The minimum absolute atomic E-state index is 0.408. The van der Waals surface area contributed by atoms with Gasteiger partial charge in [0, 0.05) is 24.2 Å². The quantitative estimate of drug-likeness (QED) is 0.850. The Kier molecular flexibility index (Phi) is 4.15. The Morgan fingerprint density at radius 2 is 1.85 bits per heavy atom. The first kappa shape index (κ1) is 14.2. The lowest BCUT2D eigenvalue weighted by Crippen LogP contribution is -2.18. The monoisotopic (exact) mass is 289 g/mol. The van der Waals surface area contributed by atoms with Crippen molar-refractivity contribution in [3.8, 4) is 0 Å². The van der Waals surface area contributed by atoms with Gasteiger partial charge in [-0.25, -0.2) is 0 Å². The zero-order valence-corrected chi connectivity index (χ0v) is 11.9. The highest BCUT2D eigenvalue weighted by Gasteiger charge is 2.09. The smallest absolute Gasteiger partial charge is 0.248 e. The van der Waals surface area contributed by atoms with E-state index in [1.165, 1.54) is 0 Å². The summed E-state index contributed by atoms with van der Waals surface area (Å²) >= 11 is 5.86. The first-order valence-corrected chi connectivity index (χ1v) is 6.50. The van der Waals surface area contributed by atoms with Crippen molar-refractivity contribution in [1.29, 1.82) is 0 Å². The maximum absolute atomic E-state index is 11.1. The van der Waals surface area contributed by atoms with Crippen molar-refractivity contribution >= 4 is 28.9 Å². The van der Waals surface area contributed by atoms with Gasteiger partial charge >= 0.3 is 0 Å². The fourth-order valence-corrected chi connectivity index (χ4v) is 2.13. The van der Waals surface area contributed by atoms with Gasteiger partial charge in [0.05, 0.1) is 11.4 Å². The van der Waals surface area contributed by atoms with Gasteiger partial charge in [-0.15, -0.1) is 0 Å². The zero-order valence-electron chi connectivity index (χ0n) is 11.1. The summed E-state index contributed by atoms with van der Waals surface area (Å²) in [5.41, 5.74) is 14.1. The fraction of sp³-hybridized carbons (Fsp3) is 0.133. The van der Waals surface area contributed by atoms with E-state index in [2.05, 4.69) is 0 Å². The second kappa shape index (κ2) is 5.84. The number of amides is 1. The number of nitrogens with zero attached hydrogens (tertiary/aromatic N) is 1. The molecule has 0 spiro atoms. The van der Waals surface area contributed by atoms with Crippen LogP contribution in [0.5, 0.6) is 0 Å². The molecule has 0 saturated carbocycles. The molecule has 4 nitrogen and oxygen atoms in total. The number of benzene rings is 2. The average molecular weight is 290 g/mol. The Labute approximate surface area is 122 Å². The Balaban J connectivity index is 2.18. The van der Waals surface area contributed by atoms with E-state index in [1.54, 1.807) is 18.2 Å². The number of nitrogens with two attached hydrogens (primary N) is 2.